The number of benzene rings is 2. The first-order valence-corrected chi connectivity index (χ1v) is 8.28. The van der Waals surface area contributed by atoms with Crippen LogP contribution in [0.4, 0.5) is 5.69 Å². The Balaban J connectivity index is 2.13. The number of hydrogen-bond acceptors (Lipinski definition) is 4. The maximum atomic E-state index is 12.3. The van der Waals surface area contributed by atoms with Crippen molar-refractivity contribution >= 4 is 23.3 Å². The van der Waals surface area contributed by atoms with Crippen LogP contribution in [0.15, 0.2) is 54.6 Å². The smallest absolute Gasteiger partial charge is 0.355 e. The van der Waals surface area contributed by atoms with Gasteiger partial charge in [0.1, 0.15) is 5.69 Å². The number of nitro benzene ring substituents is 1. The fourth-order valence-corrected chi connectivity index (χ4v) is 2.74. The number of H-pyrrole nitrogens is 1. The molecule has 3 aromatic rings. The van der Waals surface area contributed by atoms with Crippen LogP contribution in [0.25, 0.3) is 22.4 Å². The second-order valence-corrected chi connectivity index (χ2v) is 5.94. The van der Waals surface area contributed by atoms with E-state index in [1.165, 1.54) is 12.1 Å². The molecule has 0 unspecified atom stereocenters. The molecule has 0 fully saturated rings. The van der Waals surface area contributed by atoms with Gasteiger partial charge in [0, 0.05) is 28.4 Å². The molecule has 1 N–H and O–H groups in total. The van der Waals surface area contributed by atoms with E-state index >= 15 is 0 Å². The highest BCUT2D eigenvalue weighted by molar-refractivity contribution is 6.30. The van der Waals surface area contributed by atoms with Gasteiger partial charge in [0.25, 0.3) is 5.69 Å². The summed E-state index contributed by atoms with van der Waals surface area (Å²) >= 11 is 5.92. The summed E-state index contributed by atoms with van der Waals surface area (Å²) in [6.45, 7) is 1.94. The van der Waals surface area contributed by atoms with Gasteiger partial charge in [0.05, 0.1) is 11.5 Å². The summed E-state index contributed by atoms with van der Waals surface area (Å²) in [4.78, 5) is 26.0. The fourth-order valence-electron chi connectivity index (χ4n) is 2.62. The molecule has 0 aliphatic carbocycles. The third-order valence-electron chi connectivity index (χ3n) is 3.82. The van der Waals surface area contributed by atoms with Crippen LogP contribution in [-0.2, 0) is 4.74 Å². The van der Waals surface area contributed by atoms with E-state index in [1.807, 2.05) is 12.1 Å². The van der Waals surface area contributed by atoms with Crippen LogP contribution in [0.3, 0.4) is 0 Å². The first-order chi connectivity index (χ1) is 12.5. The van der Waals surface area contributed by atoms with Crippen LogP contribution in [0.1, 0.15) is 17.4 Å². The van der Waals surface area contributed by atoms with Gasteiger partial charge in [-0.05, 0) is 36.2 Å². The first-order valence-electron chi connectivity index (χ1n) is 7.90. The fraction of sp³-hybridized carbons (Fsp3) is 0.105. The number of non-ortho nitro benzene ring substituents is 1. The molecule has 0 aliphatic heterocycles. The molecule has 26 heavy (non-hydrogen) atoms. The summed E-state index contributed by atoms with van der Waals surface area (Å²) in [5.41, 5.74) is 2.81. The first kappa shape index (κ1) is 17.7. The van der Waals surface area contributed by atoms with Crippen molar-refractivity contribution in [3.8, 4) is 22.4 Å². The largest absolute Gasteiger partial charge is 0.461 e. The highest BCUT2D eigenvalue weighted by Gasteiger charge is 2.20. The normalized spacial score (nSPS) is 10.5. The van der Waals surface area contributed by atoms with E-state index in [0.29, 0.717) is 21.8 Å². The number of ether oxygens (including phenoxy) is 1. The highest BCUT2D eigenvalue weighted by atomic mass is 35.5. The monoisotopic (exact) mass is 370 g/mol. The zero-order valence-corrected chi connectivity index (χ0v) is 14.6. The van der Waals surface area contributed by atoms with Crippen molar-refractivity contribution in [2.24, 2.45) is 0 Å². The predicted octanol–water partition coefficient (Wildman–Crippen LogP) is 5.09. The molecule has 0 aliphatic rings. The number of aromatic nitrogens is 1. The highest BCUT2D eigenvalue weighted by Crippen LogP contribution is 2.32. The number of nitro groups is 1. The van der Waals surface area contributed by atoms with Crippen molar-refractivity contribution < 1.29 is 14.5 Å². The van der Waals surface area contributed by atoms with Gasteiger partial charge in [-0.1, -0.05) is 35.9 Å². The van der Waals surface area contributed by atoms with Crippen LogP contribution >= 0.6 is 11.6 Å². The average molecular weight is 371 g/mol. The molecule has 2 aromatic carbocycles. The van der Waals surface area contributed by atoms with E-state index in [0.717, 1.165) is 5.56 Å². The van der Waals surface area contributed by atoms with Gasteiger partial charge in [-0.3, -0.25) is 10.1 Å². The van der Waals surface area contributed by atoms with Gasteiger partial charge in [-0.25, -0.2) is 4.79 Å². The molecule has 0 saturated heterocycles. The number of esters is 1. The molecule has 1 heterocycles. The molecular weight excluding hydrogens is 356 g/mol. The molecule has 7 heteroatoms. The van der Waals surface area contributed by atoms with E-state index < -0.39 is 10.9 Å². The van der Waals surface area contributed by atoms with Gasteiger partial charge in [-0.15, -0.1) is 0 Å². The van der Waals surface area contributed by atoms with Crippen LogP contribution in [0, 0.1) is 10.1 Å². The Morgan fingerprint density at radius 3 is 2.54 bits per heavy atom. The predicted molar refractivity (Wildman–Crippen MR) is 99.3 cm³/mol. The van der Waals surface area contributed by atoms with Crippen molar-refractivity contribution in [2.75, 3.05) is 6.61 Å². The van der Waals surface area contributed by atoms with E-state index in [-0.39, 0.29) is 18.0 Å². The van der Waals surface area contributed by atoms with Gasteiger partial charge in [0.15, 0.2) is 0 Å². The van der Waals surface area contributed by atoms with E-state index in [2.05, 4.69) is 4.98 Å². The minimum Gasteiger partial charge on any atom is -0.461 e. The molecule has 6 nitrogen and oxygen atoms in total. The van der Waals surface area contributed by atoms with Gasteiger partial charge < -0.3 is 9.72 Å². The molecule has 3 rings (SSSR count). The average Bonchev–Trinajstić information content (AvgIpc) is 3.08. The number of nitrogens with zero attached hydrogens (tertiary/aromatic N) is 1. The lowest BCUT2D eigenvalue weighted by molar-refractivity contribution is -0.384. The summed E-state index contributed by atoms with van der Waals surface area (Å²) in [6.07, 6.45) is 0. The summed E-state index contributed by atoms with van der Waals surface area (Å²) in [6, 6.07) is 15.0. The Morgan fingerprint density at radius 1 is 1.15 bits per heavy atom. The third-order valence-corrected chi connectivity index (χ3v) is 4.07. The Bertz CT molecular complexity index is 964. The molecular formula is C19H15ClN2O4. The van der Waals surface area contributed by atoms with Crippen LogP contribution in [0.2, 0.25) is 5.02 Å². The summed E-state index contributed by atoms with van der Waals surface area (Å²) < 4.78 is 5.11. The minimum absolute atomic E-state index is 0.0495. The Labute approximate surface area is 154 Å². The van der Waals surface area contributed by atoms with Crippen molar-refractivity contribution in [3.05, 3.63) is 75.4 Å². The zero-order chi connectivity index (χ0) is 18.7. The molecule has 0 spiro atoms. The standard InChI is InChI=1S/C19H15ClN2O4/c1-2-26-19(23)18-16(13-4-3-5-15(10-13)22(24)25)11-17(21-18)12-6-8-14(20)9-7-12/h3-11,21H,2H2,1H3. The van der Waals surface area contributed by atoms with E-state index in [9.17, 15) is 14.9 Å². The number of hydrogen-bond donors (Lipinski definition) is 1. The number of rotatable bonds is 5. The maximum Gasteiger partial charge on any atom is 0.355 e. The van der Waals surface area contributed by atoms with E-state index in [4.69, 9.17) is 16.3 Å². The molecule has 132 valence electrons. The number of halogens is 1. The number of nitrogens with one attached hydrogen (secondary N) is 1. The zero-order valence-electron chi connectivity index (χ0n) is 13.9. The molecule has 0 amide bonds. The molecule has 1 aromatic heterocycles. The quantitative estimate of drug-likeness (QED) is 0.385. The Kier molecular flexibility index (Phi) is 5.04. The SMILES string of the molecule is CCOC(=O)c1[nH]c(-c2ccc(Cl)cc2)cc1-c1cccc([N+](=O)[O-])c1. The Hall–Kier alpha value is -3.12. The summed E-state index contributed by atoms with van der Waals surface area (Å²) in [5.74, 6) is -0.519. The molecule has 0 bridgehead atoms. The lowest BCUT2D eigenvalue weighted by Crippen LogP contribution is -2.06. The maximum absolute atomic E-state index is 12.3. The Morgan fingerprint density at radius 2 is 1.88 bits per heavy atom. The van der Waals surface area contributed by atoms with Crippen molar-refractivity contribution in [2.45, 2.75) is 6.92 Å². The second-order valence-electron chi connectivity index (χ2n) is 5.51. The lowest BCUT2D eigenvalue weighted by atomic mass is 10.0. The van der Waals surface area contributed by atoms with E-state index in [1.54, 1.807) is 37.3 Å². The molecule has 0 saturated carbocycles. The van der Waals surface area contributed by atoms with Crippen molar-refractivity contribution in [1.29, 1.82) is 0 Å². The van der Waals surface area contributed by atoms with Crippen LogP contribution in [-0.4, -0.2) is 22.5 Å². The van der Waals surface area contributed by atoms with Crippen LogP contribution in [0.5, 0.6) is 0 Å². The molecule has 0 atom stereocenters. The molecule has 0 radical (unpaired) electrons. The van der Waals surface area contributed by atoms with Gasteiger partial charge in [-0.2, -0.15) is 0 Å². The minimum atomic E-state index is -0.519. The lowest BCUT2D eigenvalue weighted by Gasteiger charge is -2.04. The van der Waals surface area contributed by atoms with Gasteiger partial charge in [0.2, 0.25) is 0 Å². The topological polar surface area (TPSA) is 85.2 Å². The summed E-state index contributed by atoms with van der Waals surface area (Å²) in [7, 11) is 0. The number of carbonyl (C=O) groups is 1. The van der Waals surface area contributed by atoms with Crippen molar-refractivity contribution in [1.82, 2.24) is 4.98 Å². The van der Waals surface area contributed by atoms with Gasteiger partial charge >= 0.3 is 5.97 Å². The third kappa shape index (κ3) is 3.60. The summed E-state index contributed by atoms with van der Waals surface area (Å²) in [5, 5.41) is 11.7. The number of carbonyl (C=O) groups excluding carboxylic acids is 1. The second kappa shape index (κ2) is 7.41. The van der Waals surface area contributed by atoms with Crippen molar-refractivity contribution in [3.63, 3.8) is 0 Å². The number of aromatic amines is 1. The van der Waals surface area contributed by atoms with Crippen LogP contribution < -0.4 is 0 Å².